The Hall–Kier alpha value is -0.648. The molecule has 0 bridgehead atoms. The first kappa shape index (κ1) is 31.2. The molecule has 0 spiro atoms. The summed E-state index contributed by atoms with van der Waals surface area (Å²) >= 11 is 0. The zero-order valence-electron chi connectivity index (χ0n) is 15.2. The van der Waals surface area contributed by atoms with Crippen molar-refractivity contribution in [2.24, 2.45) is 0 Å². The molecule has 0 heterocycles. The van der Waals surface area contributed by atoms with Crippen molar-refractivity contribution < 1.29 is 52.9 Å². The van der Waals surface area contributed by atoms with Crippen molar-refractivity contribution in [3.05, 3.63) is 0 Å². The number of hydrogen-bond donors (Lipinski definition) is 4. The van der Waals surface area contributed by atoms with Crippen molar-refractivity contribution in [3.8, 4) is 0 Å². The molecule has 0 aromatic carbocycles. The zero-order valence-corrected chi connectivity index (χ0v) is 16.4. The maximum atomic E-state index is 10.5. The van der Waals surface area contributed by atoms with Crippen LogP contribution < -0.4 is 0 Å². The molecule has 24 heavy (non-hydrogen) atoms. The minimum absolute atomic E-state index is 0. The molecule has 0 aliphatic carbocycles. The van der Waals surface area contributed by atoms with Crippen LogP contribution in [0.3, 0.4) is 0 Å². The summed E-state index contributed by atoms with van der Waals surface area (Å²) in [6.07, 6.45) is 4.62. The van der Waals surface area contributed by atoms with Crippen LogP contribution in [-0.4, -0.2) is 49.0 Å². The minimum Gasteiger partial charge on any atom is -0.479 e. The van der Waals surface area contributed by atoms with Crippen LogP contribution in [0.1, 0.15) is 79.1 Å². The minimum atomic E-state index is -1.49. The van der Waals surface area contributed by atoms with E-state index in [0.29, 0.717) is 12.8 Å². The Labute approximate surface area is 155 Å². The van der Waals surface area contributed by atoms with E-state index in [4.69, 9.17) is 10.2 Å². The summed E-state index contributed by atoms with van der Waals surface area (Å²) in [5.41, 5.74) is -2.98. The van der Waals surface area contributed by atoms with E-state index in [0.717, 1.165) is 25.7 Å². The van der Waals surface area contributed by atoms with Gasteiger partial charge in [-0.1, -0.05) is 53.4 Å². The van der Waals surface area contributed by atoms with Crippen LogP contribution in [0.2, 0.25) is 0 Å². The zero-order chi connectivity index (χ0) is 17.8. The molecule has 1 unspecified atom stereocenters. The molecule has 146 valence electrons. The first-order valence-corrected chi connectivity index (χ1v) is 8.05. The van der Waals surface area contributed by atoms with Crippen molar-refractivity contribution >= 4 is 11.9 Å². The number of aliphatic carboxylic acids is 2. The van der Waals surface area contributed by atoms with Crippen molar-refractivity contribution in [1.82, 2.24) is 0 Å². The third-order valence-electron chi connectivity index (χ3n) is 3.85. The van der Waals surface area contributed by atoms with E-state index in [9.17, 15) is 19.8 Å². The van der Waals surface area contributed by atoms with E-state index in [2.05, 4.69) is 0 Å². The molecule has 2 atom stereocenters. The number of aliphatic hydroxyl groups is 2. The molecule has 0 amide bonds. The fourth-order valence-corrected chi connectivity index (χ4v) is 1.81. The van der Waals surface area contributed by atoms with Crippen LogP contribution in [0, 0.1) is 0 Å². The molecular formula is C16H34CrO7. The van der Waals surface area contributed by atoms with Gasteiger partial charge in [0.25, 0.3) is 0 Å². The van der Waals surface area contributed by atoms with Gasteiger partial charge in [0.05, 0.1) is 0 Å². The fourth-order valence-electron chi connectivity index (χ4n) is 1.81. The summed E-state index contributed by atoms with van der Waals surface area (Å²) in [6, 6.07) is 0. The quantitative estimate of drug-likeness (QED) is 0.448. The Morgan fingerprint density at radius 3 is 1.12 bits per heavy atom. The van der Waals surface area contributed by atoms with Crippen molar-refractivity contribution in [2.45, 2.75) is 90.3 Å². The Morgan fingerprint density at radius 2 is 1.00 bits per heavy atom. The van der Waals surface area contributed by atoms with Crippen LogP contribution in [-0.2, 0) is 27.0 Å². The molecule has 0 radical (unpaired) electrons. The van der Waals surface area contributed by atoms with Crippen LogP contribution in [0.5, 0.6) is 0 Å². The SMILES string of the molecule is CCCCC(O)(CC)C(=O)O.CCCC[C@](O)(CC)C(=O)O.O.[Cr]. The molecule has 0 fully saturated rings. The van der Waals surface area contributed by atoms with Crippen molar-refractivity contribution in [2.75, 3.05) is 0 Å². The molecule has 6 N–H and O–H groups in total. The first-order chi connectivity index (χ1) is 10.1. The average Bonchev–Trinajstić information content (AvgIpc) is 2.50. The number of unbranched alkanes of at least 4 members (excludes halogenated alkanes) is 2. The summed E-state index contributed by atoms with van der Waals surface area (Å²) < 4.78 is 0. The normalized spacial score (nSPS) is 14.6. The second kappa shape index (κ2) is 15.9. The second-order valence-corrected chi connectivity index (χ2v) is 5.59. The molecule has 0 rings (SSSR count). The van der Waals surface area contributed by atoms with Crippen LogP contribution in [0.15, 0.2) is 0 Å². The van der Waals surface area contributed by atoms with Gasteiger partial charge in [-0.3, -0.25) is 0 Å². The van der Waals surface area contributed by atoms with Gasteiger partial charge in [0, 0.05) is 17.4 Å². The molecule has 0 aliphatic rings. The Morgan fingerprint density at radius 1 is 0.750 bits per heavy atom. The molecule has 0 saturated carbocycles. The van der Waals surface area contributed by atoms with E-state index in [1.807, 2.05) is 13.8 Å². The summed E-state index contributed by atoms with van der Waals surface area (Å²) in [7, 11) is 0. The number of carboxylic acids is 2. The van der Waals surface area contributed by atoms with Gasteiger partial charge in [-0.05, 0) is 25.7 Å². The number of carboxylic acid groups (broad SMARTS) is 2. The van der Waals surface area contributed by atoms with Gasteiger partial charge < -0.3 is 25.9 Å². The van der Waals surface area contributed by atoms with Crippen LogP contribution in [0.4, 0.5) is 0 Å². The summed E-state index contributed by atoms with van der Waals surface area (Å²) in [6.45, 7) is 7.31. The van der Waals surface area contributed by atoms with Gasteiger partial charge in [0.15, 0.2) is 11.2 Å². The topological polar surface area (TPSA) is 147 Å². The predicted molar refractivity (Wildman–Crippen MR) is 88.4 cm³/mol. The van der Waals surface area contributed by atoms with E-state index in [1.54, 1.807) is 13.8 Å². The smallest absolute Gasteiger partial charge is 0.335 e. The van der Waals surface area contributed by atoms with Crippen LogP contribution >= 0.6 is 0 Å². The monoisotopic (exact) mass is 390 g/mol. The van der Waals surface area contributed by atoms with Crippen LogP contribution in [0.25, 0.3) is 0 Å². The third kappa shape index (κ3) is 11.8. The molecule has 7 nitrogen and oxygen atoms in total. The molecule has 8 heteroatoms. The fraction of sp³-hybridized carbons (Fsp3) is 0.875. The molecule has 0 aromatic rings. The van der Waals surface area contributed by atoms with Gasteiger partial charge in [0.1, 0.15) is 0 Å². The van der Waals surface area contributed by atoms with E-state index in [1.165, 1.54) is 0 Å². The Bertz CT molecular complexity index is 306. The van der Waals surface area contributed by atoms with E-state index in [-0.39, 0.29) is 35.7 Å². The summed E-state index contributed by atoms with van der Waals surface area (Å²) in [5.74, 6) is -2.21. The standard InChI is InChI=1S/2C8H16O3.Cr.H2O/c2*1-3-5-6-8(11,4-2)7(9)10;;/h2*11H,3-6H2,1-2H3,(H,9,10);;1H2/t8-;;;/m1.../s1. The van der Waals surface area contributed by atoms with Gasteiger partial charge in [-0.15, -0.1) is 0 Å². The predicted octanol–water partition coefficient (Wildman–Crippen LogP) is 1.98. The molecule has 0 saturated heterocycles. The van der Waals surface area contributed by atoms with E-state index >= 15 is 0 Å². The van der Waals surface area contributed by atoms with Gasteiger partial charge in [-0.25, -0.2) is 9.59 Å². The average molecular weight is 390 g/mol. The second-order valence-electron chi connectivity index (χ2n) is 5.59. The maximum absolute atomic E-state index is 10.5. The molecular weight excluding hydrogens is 356 g/mol. The largest absolute Gasteiger partial charge is 0.479 e. The van der Waals surface area contributed by atoms with Crippen molar-refractivity contribution in [1.29, 1.82) is 0 Å². The Kier molecular flexibility index (Phi) is 20.6. The summed E-state index contributed by atoms with van der Waals surface area (Å²) in [4.78, 5) is 21.0. The maximum Gasteiger partial charge on any atom is 0.335 e. The first-order valence-electron chi connectivity index (χ1n) is 8.05. The van der Waals surface area contributed by atoms with Gasteiger partial charge in [0.2, 0.25) is 0 Å². The van der Waals surface area contributed by atoms with E-state index < -0.39 is 23.1 Å². The third-order valence-corrected chi connectivity index (χ3v) is 3.85. The van der Waals surface area contributed by atoms with Gasteiger partial charge >= 0.3 is 11.9 Å². The molecule has 0 aliphatic heterocycles. The molecule has 0 aromatic heterocycles. The number of hydrogen-bond acceptors (Lipinski definition) is 4. The number of rotatable bonds is 10. The van der Waals surface area contributed by atoms with Gasteiger partial charge in [-0.2, -0.15) is 0 Å². The summed E-state index contributed by atoms with van der Waals surface area (Å²) in [5, 5.41) is 36.1. The number of carbonyl (C=O) groups is 2. The van der Waals surface area contributed by atoms with Crippen molar-refractivity contribution in [3.63, 3.8) is 0 Å². The Balaban J connectivity index is -0.000000154.